The molecule has 0 radical (unpaired) electrons. The van der Waals surface area contributed by atoms with Gasteiger partial charge in [-0.2, -0.15) is 0 Å². The zero-order valence-corrected chi connectivity index (χ0v) is 13.7. The molecule has 9 heteroatoms. The van der Waals surface area contributed by atoms with E-state index in [-0.39, 0.29) is 35.5 Å². The van der Waals surface area contributed by atoms with Crippen LogP contribution in [-0.4, -0.2) is 50.1 Å². The number of hydroxylamine groups is 1. The van der Waals surface area contributed by atoms with Crippen LogP contribution in [-0.2, 0) is 14.6 Å². The second kappa shape index (κ2) is 6.40. The van der Waals surface area contributed by atoms with Crippen LogP contribution in [0.15, 0.2) is 18.2 Å². The lowest BCUT2D eigenvalue weighted by Gasteiger charge is -2.33. The van der Waals surface area contributed by atoms with E-state index in [0.717, 1.165) is 0 Å². The molecule has 1 fully saturated rings. The van der Waals surface area contributed by atoms with E-state index in [2.05, 4.69) is 0 Å². The fraction of sp³-hybridized carbons (Fsp3) is 0.467. The van der Waals surface area contributed by atoms with E-state index >= 15 is 0 Å². The topological polar surface area (TPSA) is 113 Å². The number of amides is 2. The van der Waals surface area contributed by atoms with Gasteiger partial charge in [0.05, 0.1) is 17.2 Å². The Labute approximate surface area is 139 Å². The summed E-state index contributed by atoms with van der Waals surface area (Å²) in [6.45, 7) is 0.290. The standard InChI is InChI=1S/C15H18N2O6S/c18-14-9-23-13-2-1-11(15(19)16-20)7-12(13)17(14)8-10-3-5-24(21,22)6-4-10/h1-2,7,10,20H,3-6,8-9H2,(H,16,19). The average Bonchev–Trinajstić information content (AvgIpc) is 2.57. The predicted octanol–water partition coefficient (Wildman–Crippen LogP) is 0.356. The van der Waals surface area contributed by atoms with Crippen LogP contribution in [0.4, 0.5) is 5.69 Å². The maximum Gasteiger partial charge on any atom is 0.274 e. The first-order valence-electron chi connectivity index (χ1n) is 7.62. The largest absolute Gasteiger partial charge is 0.482 e. The average molecular weight is 354 g/mol. The summed E-state index contributed by atoms with van der Waals surface area (Å²) in [7, 11) is -2.96. The third-order valence-corrected chi connectivity index (χ3v) is 6.10. The van der Waals surface area contributed by atoms with Crippen LogP contribution in [0.25, 0.3) is 0 Å². The summed E-state index contributed by atoms with van der Waals surface area (Å²) in [6.07, 6.45) is 1.03. The number of rotatable bonds is 3. The monoisotopic (exact) mass is 354 g/mol. The molecule has 2 N–H and O–H groups in total. The summed E-state index contributed by atoms with van der Waals surface area (Å²) in [5.41, 5.74) is 2.21. The molecule has 1 aromatic rings. The third kappa shape index (κ3) is 3.36. The molecule has 0 saturated carbocycles. The Morgan fingerprint density at radius 2 is 2.04 bits per heavy atom. The van der Waals surface area contributed by atoms with Crippen molar-refractivity contribution in [1.82, 2.24) is 5.48 Å². The van der Waals surface area contributed by atoms with Crippen molar-refractivity contribution in [2.45, 2.75) is 12.8 Å². The van der Waals surface area contributed by atoms with E-state index in [1.807, 2.05) is 0 Å². The molecule has 0 bridgehead atoms. The Hall–Kier alpha value is -2.13. The lowest BCUT2D eigenvalue weighted by molar-refractivity contribution is -0.121. The molecule has 130 valence electrons. The van der Waals surface area contributed by atoms with Crippen LogP contribution < -0.4 is 15.1 Å². The highest BCUT2D eigenvalue weighted by molar-refractivity contribution is 7.91. The van der Waals surface area contributed by atoms with Crippen molar-refractivity contribution in [3.63, 3.8) is 0 Å². The van der Waals surface area contributed by atoms with Crippen molar-refractivity contribution in [1.29, 1.82) is 0 Å². The number of carbonyl (C=O) groups is 2. The highest BCUT2D eigenvalue weighted by Crippen LogP contribution is 2.34. The zero-order chi connectivity index (χ0) is 17.3. The van der Waals surface area contributed by atoms with Gasteiger partial charge in [0, 0.05) is 12.1 Å². The van der Waals surface area contributed by atoms with Crippen molar-refractivity contribution in [2.75, 3.05) is 29.6 Å². The van der Waals surface area contributed by atoms with Crippen molar-refractivity contribution in [3.8, 4) is 5.75 Å². The van der Waals surface area contributed by atoms with E-state index in [1.54, 1.807) is 11.5 Å². The minimum atomic E-state index is -2.96. The predicted molar refractivity (Wildman–Crippen MR) is 84.9 cm³/mol. The smallest absolute Gasteiger partial charge is 0.274 e. The van der Waals surface area contributed by atoms with Crippen molar-refractivity contribution in [2.24, 2.45) is 5.92 Å². The number of ether oxygens (including phenoxy) is 1. The Morgan fingerprint density at radius 1 is 1.33 bits per heavy atom. The molecule has 2 amide bonds. The number of fused-ring (bicyclic) bond motifs is 1. The second-order valence-corrected chi connectivity index (χ2v) is 8.32. The molecule has 0 spiro atoms. The van der Waals surface area contributed by atoms with Crippen LogP contribution in [0.2, 0.25) is 0 Å². The molecule has 8 nitrogen and oxygen atoms in total. The molecule has 3 rings (SSSR count). The molecule has 2 aliphatic heterocycles. The molecule has 1 aromatic carbocycles. The lowest BCUT2D eigenvalue weighted by Crippen LogP contribution is -2.43. The first-order chi connectivity index (χ1) is 11.4. The van der Waals surface area contributed by atoms with Crippen LogP contribution in [0.1, 0.15) is 23.2 Å². The van der Waals surface area contributed by atoms with Crippen molar-refractivity contribution < 1.29 is 28.0 Å². The maximum atomic E-state index is 12.2. The van der Waals surface area contributed by atoms with E-state index in [0.29, 0.717) is 30.8 Å². The van der Waals surface area contributed by atoms with Gasteiger partial charge in [-0.15, -0.1) is 0 Å². The minimum absolute atomic E-state index is 0.0822. The highest BCUT2D eigenvalue weighted by atomic mass is 32.2. The van der Waals surface area contributed by atoms with Gasteiger partial charge in [0.25, 0.3) is 11.8 Å². The SMILES string of the molecule is O=C(NO)c1ccc2c(c1)N(CC1CCS(=O)(=O)CC1)C(=O)CO2. The van der Waals surface area contributed by atoms with Gasteiger partial charge in [0.1, 0.15) is 15.6 Å². The quantitative estimate of drug-likeness (QED) is 0.598. The van der Waals surface area contributed by atoms with E-state index in [9.17, 15) is 18.0 Å². The summed E-state index contributed by atoms with van der Waals surface area (Å²) in [4.78, 5) is 25.4. The zero-order valence-electron chi connectivity index (χ0n) is 12.9. The Bertz CT molecular complexity index is 762. The molecular formula is C15H18N2O6S. The number of nitrogens with one attached hydrogen (secondary N) is 1. The number of hydrogen-bond acceptors (Lipinski definition) is 6. The minimum Gasteiger partial charge on any atom is -0.482 e. The van der Waals surface area contributed by atoms with Crippen LogP contribution in [0, 0.1) is 5.92 Å². The molecule has 2 aliphatic rings. The first kappa shape index (κ1) is 16.7. The summed E-state index contributed by atoms with van der Waals surface area (Å²) >= 11 is 0. The van der Waals surface area contributed by atoms with Gasteiger partial charge < -0.3 is 9.64 Å². The maximum absolute atomic E-state index is 12.2. The Morgan fingerprint density at radius 3 is 2.71 bits per heavy atom. The van der Waals surface area contributed by atoms with Gasteiger partial charge in [-0.25, -0.2) is 13.9 Å². The normalized spacial score (nSPS) is 20.2. The van der Waals surface area contributed by atoms with Gasteiger partial charge >= 0.3 is 0 Å². The molecule has 2 heterocycles. The Kier molecular flexibility index (Phi) is 4.46. The molecule has 0 aliphatic carbocycles. The molecule has 24 heavy (non-hydrogen) atoms. The molecular weight excluding hydrogens is 336 g/mol. The number of anilines is 1. The Balaban J connectivity index is 1.83. The summed E-state index contributed by atoms with van der Waals surface area (Å²) < 4.78 is 28.4. The van der Waals surface area contributed by atoms with E-state index in [1.165, 1.54) is 17.0 Å². The molecule has 0 unspecified atom stereocenters. The number of sulfone groups is 1. The van der Waals surface area contributed by atoms with Crippen LogP contribution in [0.5, 0.6) is 5.75 Å². The van der Waals surface area contributed by atoms with Crippen LogP contribution in [0.3, 0.4) is 0 Å². The summed E-state index contributed by atoms with van der Waals surface area (Å²) in [5, 5.41) is 8.75. The van der Waals surface area contributed by atoms with Crippen molar-refractivity contribution >= 4 is 27.3 Å². The van der Waals surface area contributed by atoms with Crippen LogP contribution >= 0.6 is 0 Å². The fourth-order valence-corrected chi connectivity index (χ4v) is 4.58. The van der Waals surface area contributed by atoms with Gasteiger partial charge in [-0.05, 0) is 37.0 Å². The first-order valence-corrected chi connectivity index (χ1v) is 9.44. The molecule has 0 atom stereocenters. The highest BCUT2D eigenvalue weighted by Gasteiger charge is 2.31. The van der Waals surface area contributed by atoms with Gasteiger partial charge in [-0.3, -0.25) is 14.8 Å². The second-order valence-electron chi connectivity index (χ2n) is 6.01. The number of nitrogens with zero attached hydrogens (tertiary/aromatic N) is 1. The van der Waals surface area contributed by atoms with Gasteiger partial charge in [-0.1, -0.05) is 0 Å². The molecule has 1 saturated heterocycles. The number of hydrogen-bond donors (Lipinski definition) is 2. The van der Waals surface area contributed by atoms with Gasteiger partial charge in [0.15, 0.2) is 6.61 Å². The van der Waals surface area contributed by atoms with E-state index in [4.69, 9.17) is 9.94 Å². The van der Waals surface area contributed by atoms with Crippen molar-refractivity contribution in [3.05, 3.63) is 23.8 Å². The van der Waals surface area contributed by atoms with Gasteiger partial charge in [0.2, 0.25) is 0 Å². The summed E-state index contributed by atoms with van der Waals surface area (Å²) in [5.74, 6) is -0.0882. The molecule has 0 aromatic heterocycles. The fourth-order valence-electron chi connectivity index (χ4n) is 2.99. The van der Waals surface area contributed by atoms with E-state index < -0.39 is 15.7 Å². The summed E-state index contributed by atoms with van der Waals surface area (Å²) in [6, 6.07) is 4.55. The number of benzene rings is 1. The number of carbonyl (C=O) groups excluding carboxylic acids is 2. The third-order valence-electron chi connectivity index (χ3n) is 4.38. The lowest BCUT2D eigenvalue weighted by atomic mass is 10.0.